The Kier molecular flexibility index (Phi) is 8.88. The first-order chi connectivity index (χ1) is 14.6. The van der Waals surface area contributed by atoms with Gasteiger partial charge in [-0.25, -0.2) is 4.90 Å². The summed E-state index contributed by atoms with van der Waals surface area (Å²) in [5, 5.41) is -0.611. The van der Waals surface area contributed by atoms with Crippen LogP contribution in [-0.4, -0.2) is 11.1 Å². The molecule has 0 radical (unpaired) electrons. The molecule has 1 aromatic rings. The molecule has 0 spiro atoms. The molecule has 3 nitrogen and oxygen atoms in total. The molecule has 4 heteroatoms. The van der Waals surface area contributed by atoms with Crippen LogP contribution < -0.4 is 4.90 Å². The molecule has 164 valence electrons. The highest BCUT2D eigenvalue weighted by Gasteiger charge is 2.26. The van der Waals surface area contributed by atoms with Crippen LogP contribution >= 0.6 is 12.6 Å². The molecule has 0 saturated carbocycles. The number of carbonyl (C=O) groups excluding carboxylic acids is 2. The molecular formula is C27H33NO2S. The zero-order chi connectivity index (χ0) is 23.0. The maximum Gasteiger partial charge on any atom is 0.290 e. The summed E-state index contributed by atoms with van der Waals surface area (Å²) in [4.78, 5) is 25.5. The van der Waals surface area contributed by atoms with Crippen LogP contribution in [0.3, 0.4) is 0 Å². The summed E-state index contributed by atoms with van der Waals surface area (Å²) in [7, 11) is 0. The van der Waals surface area contributed by atoms with Gasteiger partial charge in [0, 0.05) is 6.08 Å². The number of thiol groups is 1. The van der Waals surface area contributed by atoms with E-state index >= 15 is 0 Å². The minimum atomic E-state index is -0.611. The molecule has 2 rings (SSSR count). The van der Waals surface area contributed by atoms with Crippen molar-refractivity contribution in [3.8, 4) is 0 Å². The van der Waals surface area contributed by atoms with Crippen molar-refractivity contribution in [2.75, 3.05) is 4.90 Å². The molecule has 0 heterocycles. The van der Waals surface area contributed by atoms with E-state index in [0.29, 0.717) is 5.69 Å². The van der Waals surface area contributed by atoms with Crippen molar-refractivity contribution in [2.45, 2.75) is 53.9 Å². The molecule has 1 aliphatic rings. The van der Waals surface area contributed by atoms with E-state index in [0.717, 1.165) is 16.0 Å². The second-order valence-electron chi connectivity index (χ2n) is 8.71. The maximum atomic E-state index is 12.6. The molecule has 0 N–H and O–H groups in total. The quantitative estimate of drug-likeness (QED) is 0.284. The van der Waals surface area contributed by atoms with E-state index in [4.69, 9.17) is 0 Å². The zero-order valence-corrected chi connectivity index (χ0v) is 20.1. The number of rotatable bonds is 6. The van der Waals surface area contributed by atoms with Crippen LogP contribution in [0.15, 0.2) is 89.1 Å². The molecule has 0 aliphatic heterocycles. The van der Waals surface area contributed by atoms with Gasteiger partial charge in [-0.2, -0.15) is 0 Å². The first-order valence-corrected chi connectivity index (χ1v) is 11.1. The van der Waals surface area contributed by atoms with Gasteiger partial charge in [0.05, 0.1) is 5.69 Å². The van der Waals surface area contributed by atoms with Crippen molar-refractivity contribution in [3.05, 3.63) is 89.1 Å². The number of para-hydroxylation sites is 1. The van der Waals surface area contributed by atoms with E-state index in [1.165, 1.54) is 36.5 Å². The Balaban J connectivity index is 2.08. The fourth-order valence-electron chi connectivity index (χ4n) is 3.85. The first kappa shape index (κ1) is 24.7. The first-order valence-electron chi connectivity index (χ1n) is 10.7. The molecule has 1 aromatic carbocycles. The van der Waals surface area contributed by atoms with E-state index in [1.54, 1.807) is 24.3 Å². The topological polar surface area (TPSA) is 37.4 Å². The summed E-state index contributed by atoms with van der Waals surface area (Å²) in [6, 6.07) is 8.78. The second-order valence-corrected chi connectivity index (χ2v) is 9.10. The Labute approximate surface area is 192 Å². The summed E-state index contributed by atoms with van der Waals surface area (Å²) >= 11 is 3.85. The molecule has 0 unspecified atom stereocenters. The molecule has 0 bridgehead atoms. The zero-order valence-electron chi connectivity index (χ0n) is 19.2. The monoisotopic (exact) mass is 435 g/mol. The minimum Gasteiger partial charge on any atom is -0.269 e. The van der Waals surface area contributed by atoms with E-state index in [-0.39, 0.29) is 5.41 Å². The number of benzene rings is 1. The van der Waals surface area contributed by atoms with Crippen LogP contribution in [-0.2, 0) is 4.79 Å². The lowest BCUT2D eigenvalue weighted by atomic mass is 9.72. The SMILES string of the molecule is CC1=C(/C=C/C(C)=C/C=C/C(C)=C/C(=O)N(C(=O)S)c2ccccc2)C(C)(C)CCC1. The Morgan fingerprint density at radius 3 is 2.35 bits per heavy atom. The highest BCUT2D eigenvalue weighted by atomic mass is 32.1. The van der Waals surface area contributed by atoms with Gasteiger partial charge in [-0.05, 0) is 68.7 Å². The molecule has 0 saturated heterocycles. The summed E-state index contributed by atoms with van der Waals surface area (Å²) in [6.07, 6.45) is 15.3. The number of anilines is 1. The lowest BCUT2D eigenvalue weighted by Gasteiger charge is -2.32. The number of carbonyl (C=O) groups is 2. The highest BCUT2D eigenvalue weighted by Crippen LogP contribution is 2.40. The molecule has 1 aliphatic carbocycles. The number of allylic oxidation sites excluding steroid dienone is 9. The van der Waals surface area contributed by atoms with Gasteiger partial charge in [0.25, 0.3) is 11.1 Å². The van der Waals surface area contributed by atoms with Gasteiger partial charge in [-0.3, -0.25) is 9.59 Å². The smallest absolute Gasteiger partial charge is 0.269 e. The summed E-state index contributed by atoms with van der Waals surface area (Å²) in [6.45, 7) is 10.8. The van der Waals surface area contributed by atoms with Gasteiger partial charge in [-0.15, -0.1) is 0 Å². The number of hydrogen-bond acceptors (Lipinski definition) is 2. The summed E-state index contributed by atoms with van der Waals surface area (Å²) in [5.74, 6) is -0.420. The lowest BCUT2D eigenvalue weighted by molar-refractivity contribution is -0.113. The van der Waals surface area contributed by atoms with Gasteiger partial charge in [0.2, 0.25) is 0 Å². The van der Waals surface area contributed by atoms with Gasteiger partial charge >= 0.3 is 0 Å². The van der Waals surface area contributed by atoms with Crippen LogP contribution in [0.5, 0.6) is 0 Å². The van der Waals surface area contributed by atoms with Crippen LogP contribution in [0.1, 0.15) is 53.9 Å². The Bertz CT molecular complexity index is 962. The normalized spacial score (nSPS) is 17.5. The Morgan fingerprint density at radius 1 is 1.06 bits per heavy atom. The molecule has 2 amide bonds. The molecule has 0 aromatic heterocycles. The van der Waals surface area contributed by atoms with E-state index in [2.05, 4.69) is 52.5 Å². The third-order valence-corrected chi connectivity index (χ3v) is 5.75. The molecular weight excluding hydrogens is 402 g/mol. The van der Waals surface area contributed by atoms with Gasteiger partial charge in [0.1, 0.15) is 0 Å². The van der Waals surface area contributed by atoms with E-state index in [1.807, 2.05) is 31.2 Å². The fourth-order valence-corrected chi connectivity index (χ4v) is 4.06. The largest absolute Gasteiger partial charge is 0.290 e. The highest BCUT2D eigenvalue weighted by molar-refractivity contribution is 7.97. The standard InChI is InChI=1S/C27H33NO2S/c1-20(16-17-24-22(3)13-10-18-27(24,4)5)11-9-12-21(2)19-25(29)28(26(30)31)23-14-7-6-8-15-23/h6-9,11-12,14-17,19H,10,13,18H2,1-5H3,(H,30,31)/b12-9+,17-16+,20-11+,21-19+. The third kappa shape index (κ3) is 7.25. The van der Waals surface area contributed by atoms with Gasteiger partial charge in [-0.1, -0.05) is 86.2 Å². The number of hydrogen-bond donors (Lipinski definition) is 1. The van der Waals surface area contributed by atoms with Crippen molar-refractivity contribution in [3.63, 3.8) is 0 Å². The van der Waals surface area contributed by atoms with Crippen LogP contribution in [0.2, 0.25) is 0 Å². The average molecular weight is 436 g/mol. The predicted molar refractivity (Wildman–Crippen MR) is 134 cm³/mol. The minimum absolute atomic E-state index is 0.226. The molecule has 0 atom stereocenters. The summed E-state index contributed by atoms with van der Waals surface area (Å²) < 4.78 is 0. The number of amides is 2. The second kappa shape index (κ2) is 11.1. The van der Waals surface area contributed by atoms with E-state index < -0.39 is 11.1 Å². The number of imide groups is 1. The maximum absolute atomic E-state index is 12.6. The van der Waals surface area contributed by atoms with Gasteiger partial charge < -0.3 is 0 Å². The fraction of sp³-hybridized carbons (Fsp3) is 0.333. The number of nitrogens with zero attached hydrogens (tertiary/aromatic N) is 1. The van der Waals surface area contributed by atoms with Crippen LogP contribution in [0.25, 0.3) is 0 Å². The van der Waals surface area contributed by atoms with Crippen LogP contribution in [0.4, 0.5) is 10.5 Å². The lowest BCUT2D eigenvalue weighted by Crippen LogP contribution is -2.31. The van der Waals surface area contributed by atoms with Crippen molar-refractivity contribution in [2.24, 2.45) is 5.41 Å². The molecule has 31 heavy (non-hydrogen) atoms. The van der Waals surface area contributed by atoms with E-state index in [9.17, 15) is 9.59 Å². The predicted octanol–water partition coefficient (Wildman–Crippen LogP) is 7.60. The Hall–Kier alpha value is -2.59. The summed E-state index contributed by atoms with van der Waals surface area (Å²) in [5.41, 5.74) is 5.53. The van der Waals surface area contributed by atoms with Crippen molar-refractivity contribution in [1.29, 1.82) is 0 Å². The van der Waals surface area contributed by atoms with Crippen molar-refractivity contribution < 1.29 is 9.59 Å². The van der Waals surface area contributed by atoms with Crippen molar-refractivity contribution in [1.82, 2.24) is 0 Å². The average Bonchev–Trinajstić information content (AvgIpc) is 2.67. The third-order valence-electron chi connectivity index (χ3n) is 5.55. The molecule has 0 fully saturated rings. The Morgan fingerprint density at radius 2 is 1.74 bits per heavy atom. The van der Waals surface area contributed by atoms with Crippen LogP contribution in [0, 0.1) is 5.41 Å². The van der Waals surface area contributed by atoms with Gasteiger partial charge in [0.15, 0.2) is 0 Å². The van der Waals surface area contributed by atoms with Crippen molar-refractivity contribution >= 4 is 29.5 Å².